The Kier molecular flexibility index (Phi) is 6.66. The lowest BCUT2D eigenvalue weighted by molar-refractivity contribution is -0.145. The van der Waals surface area contributed by atoms with E-state index in [1.165, 1.54) is 16.7 Å². The fraction of sp³-hybridized carbons (Fsp3) is 0.471. The molecule has 1 aromatic carbocycles. The number of amides is 1. The predicted octanol–water partition coefficient (Wildman–Crippen LogP) is 2.40. The number of anilines is 1. The maximum atomic E-state index is 12.3. The van der Waals surface area contributed by atoms with E-state index in [0.717, 1.165) is 4.90 Å². The van der Waals surface area contributed by atoms with Crippen molar-refractivity contribution in [2.75, 3.05) is 23.9 Å². The van der Waals surface area contributed by atoms with Crippen LogP contribution in [0.1, 0.15) is 26.7 Å². The Morgan fingerprint density at radius 2 is 1.92 bits per heavy atom. The smallest absolute Gasteiger partial charge is 0.329 e. The van der Waals surface area contributed by atoms with Crippen molar-refractivity contribution < 1.29 is 23.9 Å². The van der Waals surface area contributed by atoms with Crippen LogP contribution in [0.4, 0.5) is 5.69 Å². The van der Waals surface area contributed by atoms with Crippen LogP contribution < -0.4 is 4.90 Å². The number of carbonyl (C=O) groups excluding carboxylic acids is 3. The van der Waals surface area contributed by atoms with Gasteiger partial charge < -0.3 is 9.47 Å². The quantitative estimate of drug-likeness (QED) is 0.555. The molecule has 1 saturated heterocycles. The largest absolute Gasteiger partial charge is 0.465 e. The molecule has 0 aromatic heterocycles. The van der Waals surface area contributed by atoms with Gasteiger partial charge in [0, 0.05) is 11.3 Å². The fourth-order valence-electron chi connectivity index (χ4n) is 2.57. The number of hydrogen-bond donors (Lipinski definition) is 0. The lowest BCUT2D eigenvalue weighted by Gasteiger charge is -2.25. The van der Waals surface area contributed by atoms with Crippen molar-refractivity contribution in [2.24, 2.45) is 0 Å². The van der Waals surface area contributed by atoms with Gasteiger partial charge in [0.1, 0.15) is 6.04 Å². The summed E-state index contributed by atoms with van der Waals surface area (Å²) in [6, 6.07) is 6.63. The van der Waals surface area contributed by atoms with Crippen molar-refractivity contribution in [3.05, 3.63) is 24.3 Å². The van der Waals surface area contributed by atoms with Crippen LogP contribution in [0.5, 0.6) is 0 Å². The van der Waals surface area contributed by atoms with Crippen LogP contribution >= 0.6 is 11.8 Å². The van der Waals surface area contributed by atoms with Gasteiger partial charge in [-0.3, -0.25) is 14.5 Å². The van der Waals surface area contributed by atoms with E-state index in [2.05, 4.69) is 0 Å². The monoisotopic (exact) mass is 351 g/mol. The van der Waals surface area contributed by atoms with Gasteiger partial charge in [0.25, 0.3) is 0 Å². The van der Waals surface area contributed by atoms with Crippen LogP contribution in [-0.4, -0.2) is 42.9 Å². The van der Waals surface area contributed by atoms with Crippen molar-refractivity contribution in [2.45, 2.75) is 37.6 Å². The highest BCUT2D eigenvalue weighted by Gasteiger charge is 2.39. The summed E-state index contributed by atoms with van der Waals surface area (Å²) < 4.78 is 10.0. The van der Waals surface area contributed by atoms with E-state index in [-0.39, 0.29) is 24.2 Å². The van der Waals surface area contributed by atoms with Crippen molar-refractivity contribution in [3.8, 4) is 0 Å². The van der Waals surface area contributed by atoms with Crippen LogP contribution in [0.3, 0.4) is 0 Å². The van der Waals surface area contributed by atoms with Crippen molar-refractivity contribution >= 4 is 35.3 Å². The number of thioether (sulfide) groups is 1. The number of rotatable bonds is 7. The Bertz CT molecular complexity index is 619. The summed E-state index contributed by atoms with van der Waals surface area (Å²) in [5.74, 6) is -0.672. The van der Waals surface area contributed by atoms with E-state index in [4.69, 9.17) is 9.47 Å². The number of benzene rings is 1. The molecule has 7 heteroatoms. The standard InChI is InChI=1S/C17H21NO5S/c1-3-22-16(20)11-24-14-8-6-5-7-12(14)18-13(9-10-15(18)19)17(21)23-4-2/h5-8,13H,3-4,9-11H2,1-2H3. The highest BCUT2D eigenvalue weighted by atomic mass is 32.2. The van der Waals surface area contributed by atoms with Crippen molar-refractivity contribution in [1.82, 2.24) is 0 Å². The molecule has 0 aliphatic carbocycles. The average molecular weight is 351 g/mol. The van der Waals surface area contributed by atoms with Gasteiger partial charge in [-0.05, 0) is 32.4 Å². The molecule has 1 aromatic rings. The Morgan fingerprint density at radius 1 is 1.21 bits per heavy atom. The number of para-hydroxylation sites is 1. The minimum Gasteiger partial charge on any atom is -0.465 e. The molecule has 1 fully saturated rings. The van der Waals surface area contributed by atoms with Gasteiger partial charge in [-0.25, -0.2) is 4.79 Å². The second-order valence-electron chi connectivity index (χ2n) is 5.13. The SMILES string of the molecule is CCOC(=O)CSc1ccccc1N1C(=O)CCC1C(=O)OCC. The summed E-state index contributed by atoms with van der Waals surface area (Å²) in [6.07, 6.45) is 0.745. The molecule has 1 aliphatic heterocycles. The molecule has 0 bridgehead atoms. The summed E-state index contributed by atoms with van der Waals surface area (Å²) in [7, 11) is 0. The molecule has 2 rings (SSSR count). The van der Waals surface area contributed by atoms with E-state index in [1.54, 1.807) is 26.0 Å². The third-order valence-electron chi connectivity index (χ3n) is 3.55. The molecule has 1 atom stereocenters. The fourth-order valence-corrected chi connectivity index (χ4v) is 3.41. The highest BCUT2D eigenvalue weighted by Crippen LogP contribution is 2.35. The highest BCUT2D eigenvalue weighted by molar-refractivity contribution is 8.00. The first-order valence-corrected chi connectivity index (χ1v) is 8.93. The second-order valence-corrected chi connectivity index (χ2v) is 6.15. The molecule has 24 heavy (non-hydrogen) atoms. The minimum absolute atomic E-state index is 0.114. The maximum Gasteiger partial charge on any atom is 0.329 e. The Morgan fingerprint density at radius 3 is 2.62 bits per heavy atom. The molecule has 1 aliphatic rings. The molecule has 0 spiro atoms. The van der Waals surface area contributed by atoms with E-state index < -0.39 is 12.0 Å². The zero-order valence-corrected chi connectivity index (χ0v) is 14.6. The number of nitrogens with zero attached hydrogens (tertiary/aromatic N) is 1. The van der Waals surface area contributed by atoms with Crippen molar-refractivity contribution in [3.63, 3.8) is 0 Å². The number of ether oxygens (including phenoxy) is 2. The van der Waals surface area contributed by atoms with E-state index in [9.17, 15) is 14.4 Å². The van der Waals surface area contributed by atoms with Crippen LogP contribution in [0.2, 0.25) is 0 Å². The molecule has 0 saturated carbocycles. The molecule has 1 unspecified atom stereocenters. The number of esters is 2. The van der Waals surface area contributed by atoms with Crippen LogP contribution in [-0.2, 0) is 23.9 Å². The first-order chi connectivity index (χ1) is 11.6. The van der Waals surface area contributed by atoms with Crippen LogP contribution in [0, 0.1) is 0 Å². The summed E-state index contributed by atoms with van der Waals surface area (Å²) in [5.41, 5.74) is 0.632. The Balaban J connectivity index is 2.21. The molecule has 0 N–H and O–H groups in total. The normalized spacial score (nSPS) is 17.0. The Labute approximate surface area is 145 Å². The zero-order chi connectivity index (χ0) is 17.5. The third-order valence-corrected chi connectivity index (χ3v) is 4.58. The maximum absolute atomic E-state index is 12.3. The van der Waals surface area contributed by atoms with Gasteiger partial charge in [0.15, 0.2) is 0 Å². The Hall–Kier alpha value is -2.02. The number of carbonyl (C=O) groups is 3. The van der Waals surface area contributed by atoms with Gasteiger partial charge in [0.05, 0.1) is 24.7 Å². The lowest BCUT2D eigenvalue weighted by Crippen LogP contribution is -2.40. The van der Waals surface area contributed by atoms with Gasteiger partial charge in [-0.1, -0.05) is 12.1 Å². The summed E-state index contributed by atoms with van der Waals surface area (Å²) >= 11 is 1.29. The van der Waals surface area contributed by atoms with Crippen LogP contribution in [0.25, 0.3) is 0 Å². The molecule has 130 valence electrons. The summed E-state index contributed by atoms with van der Waals surface area (Å²) in [5, 5.41) is 0. The average Bonchev–Trinajstić information content (AvgIpc) is 2.95. The first-order valence-electron chi connectivity index (χ1n) is 7.94. The molecular weight excluding hydrogens is 330 g/mol. The molecule has 1 heterocycles. The molecule has 0 radical (unpaired) electrons. The van der Waals surface area contributed by atoms with Gasteiger partial charge in [0.2, 0.25) is 5.91 Å². The van der Waals surface area contributed by atoms with E-state index in [0.29, 0.717) is 25.1 Å². The second kappa shape index (κ2) is 8.73. The topological polar surface area (TPSA) is 72.9 Å². The zero-order valence-electron chi connectivity index (χ0n) is 13.8. The first kappa shape index (κ1) is 18.3. The van der Waals surface area contributed by atoms with Gasteiger partial charge in [-0.2, -0.15) is 0 Å². The van der Waals surface area contributed by atoms with Crippen LogP contribution in [0.15, 0.2) is 29.2 Å². The van der Waals surface area contributed by atoms with Gasteiger partial charge >= 0.3 is 11.9 Å². The minimum atomic E-state index is -0.609. The van der Waals surface area contributed by atoms with Gasteiger partial charge in [-0.15, -0.1) is 11.8 Å². The molecule has 1 amide bonds. The lowest BCUT2D eigenvalue weighted by atomic mass is 10.2. The predicted molar refractivity (Wildman–Crippen MR) is 90.9 cm³/mol. The third kappa shape index (κ3) is 4.29. The molecule has 6 nitrogen and oxygen atoms in total. The van der Waals surface area contributed by atoms with E-state index in [1.807, 2.05) is 12.1 Å². The van der Waals surface area contributed by atoms with Crippen molar-refractivity contribution in [1.29, 1.82) is 0 Å². The molecular formula is C17H21NO5S. The number of hydrogen-bond acceptors (Lipinski definition) is 6. The summed E-state index contributed by atoms with van der Waals surface area (Å²) in [4.78, 5) is 38.3. The van der Waals surface area contributed by atoms with E-state index >= 15 is 0 Å². The summed E-state index contributed by atoms with van der Waals surface area (Å²) in [6.45, 7) is 4.10.